The predicted molar refractivity (Wildman–Crippen MR) is 146 cm³/mol. The third-order valence-electron chi connectivity index (χ3n) is 6.70. The number of thioether (sulfide) groups is 1. The van der Waals surface area contributed by atoms with Gasteiger partial charge >= 0.3 is 0 Å². The second kappa shape index (κ2) is 11.3. The normalized spacial score (nSPS) is 13.6. The lowest BCUT2D eigenvalue weighted by Gasteiger charge is -2.16. The molecule has 1 heterocycles. The van der Waals surface area contributed by atoms with Crippen LogP contribution >= 0.6 is 11.8 Å². The highest BCUT2D eigenvalue weighted by Crippen LogP contribution is 2.30. The first kappa shape index (κ1) is 25.8. The quantitative estimate of drug-likeness (QED) is 0.238. The topological polar surface area (TPSA) is 82.4 Å². The zero-order valence-electron chi connectivity index (χ0n) is 21.2. The van der Waals surface area contributed by atoms with E-state index in [1.807, 2.05) is 0 Å². The molecule has 0 aliphatic heterocycles. The van der Waals surface area contributed by atoms with E-state index >= 15 is 0 Å². The van der Waals surface area contributed by atoms with Gasteiger partial charge in [-0.2, -0.15) is 0 Å². The molecule has 9 heteroatoms. The SMILES string of the molecule is COc1cc(OC)cc(-n2c(SCc3ccccc3F)nc3cc(C(=O)NC4CCCC4)ccc3c2=O)c1. The Kier molecular flexibility index (Phi) is 7.64. The molecular weight excluding hydrogens is 505 g/mol. The van der Waals surface area contributed by atoms with Crippen molar-refractivity contribution in [3.05, 3.63) is 88.0 Å². The van der Waals surface area contributed by atoms with Gasteiger partial charge in [0.1, 0.15) is 17.3 Å². The van der Waals surface area contributed by atoms with Crippen molar-refractivity contribution in [1.82, 2.24) is 14.9 Å². The highest BCUT2D eigenvalue weighted by atomic mass is 32.2. The average molecular weight is 534 g/mol. The average Bonchev–Trinajstić information content (AvgIpc) is 3.45. The number of carbonyl (C=O) groups excluding carboxylic acids is 1. The van der Waals surface area contributed by atoms with Crippen LogP contribution in [-0.4, -0.2) is 35.7 Å². The Morgan fingerprint density at radius 1 is 1.05 bits per heavy atom. The minimum absolute atomic E-state index is 0.175. The fourth-order valence-electron chi connectivity index (χ4n) is 4.65. The summed E-state index contributed by atoms with van der Waals surface area (Å²) in [5.74, 6) is 0.769. The minimum Gasteiger partial charge on any atom is -0.497 e. The summed E-state index contributed by atoms with van der Waals surface area (Å²) in [4.78, 5) is 31.5. The first-order valence-corrected chi connectivity index (χ1v) is 13.4. The van der Waals surface area contributed by atoms with Crippen LogP contribution in [0.15, 0.2) is 70.6 Å². The maximum atomic E-state index is 14.4. The lowest BCUT2D eigenvalue weighted by atomic mass is 10.1. The van der Waals surface area contributed by atoms with Crippen LogP contribution in [0.3, 0.4) is 0 Å². The lowest BCUT2D eigenvalue weighted by molar-refractivity contribution is 0.0938. The predicted octanol–water partition coefficient (Wildman–Crippen LogP) is 5.51. The van der Waals surface area contributed by atoms with E-state index in [0.717, 1.165) is 25.7 Å². The van der Waals surface area contributed by atoms with Crippen molar-refractivity contribution in [2.75, 3.05) is 14.2 Å². The standard InChI is InChI=1S/C29H28FN3O4S/c1-36-22-14-21(15-23(16-22)37-2)33-28(35)24-12-11-18(27(34)31-20-8-4-5-9-20)13-26(24)32-29(33)38-17-19-7-3-6-10-25(19)30/h3,6-7,10-16,20H,4-5,8-9,17H2,1-2H3,(H,31,34). The van der Waals surface area contributed by atoms with E-state index in [9.17, 15) is 14.0 Å². The van der Waals surface area contributed by atoms with Crippen molar-refractivity contribution in [3.63, 3.8) is 0 Å². The van der Waals surface area contributed by atoms with Gasteiger partial charge in [0.05, 0.1) is 30.8 Å². The smallest absolute Gasteiger partial charge is 0.266 e. The third kappa shape index (κ3) is 5.38. The van der Waals surface area contributed by atoms with Gasteiger partial charge in [-0.05, 0) is 42.7 Å². The summed E-state index contributed by atoms with van der Waals surface area (Å²) in [6.07, 6.45) is 4.18. The monoisotopic (exact) mass is 533 g/mol. The van der Waals surface area contributed by atoms with Gasteiger partial charge in [-0.15, -0.1) is 0 Å². The molecule has 0 spiro atoms. The van der Waals surface area contributed by atoms with Crippen LogP contribution < -0.4 is 20.3 Å². The molecule has 0 bridgehead atoms. The van der Waals surface area contributed by atoms with Crippen molar-refractivity contribution in [3.8, 4) is 17.2 Å². The second-order valence-electron chi connectivity index (χ2n) is 9.17. The zero-order valence-corrected chi connectivity index (χ0v) is 22.0. The number of carbonyl (C=O) groups is 1. The number of rotatable bonds is 8. The Bertz CT molecular complexity index is 1530. The van der Waals surface area contributed by atoms with Gasteiger partial charge in [0, 0.05) is 35.6 Å². The summed E-state index contributed by atoms with van der Waals surface area (Å²) in [6.45, 7) is 0. The number of nitrogens with zero attached hydrogens (tertiary/aromatic N) is 2. The molecule has 38 heavy (non-hydrogen) atoms. The van der Waals surface area contributed by atoms with E-state index in [2.05, 4.69) is 5.32 Å². The molecule has 1 fully saturated rings. The van der Waals surface area contributed by atoms with E-state index in [0.29, 0.717) is 44.4 Å². The van der Waals surface area contributed by atoms with Crippen LogP contribution in [0.5, 0.6) is 11.5 Å². The summed E-state index contributed by atoms with van der Waals surface area (Å²) in [6, 6.07) is 16.7. The van der Waals surface area contributed by atoms with E-state index in [1.54, 1.807) is 54.6 Å². The van der Waals surface area contributed by atoms with E-state index < -0.39 is 0 Å². The fourth-order valence-corrected chi connectivity index (χ4v) is 5.65. The van der Waals surface area contributed by atoms with Gasteiger partial charge in [-0.25, -0.2) is 9.37 Å². The van der Waals surface area contributed by atoms with Gasteiger partial charge in [0.25, 0.3) is 11.5 Å². The van der Waals surface area contributed by atoms with Gasteiger partial charge < -0.3 is 14.8 Å². The van der Waals surface area contributed by atoms with Crippen LogP contribution in [0, 0.1) is 5.82 Å². The molecule has 1 N–H and O–H groups in total. The highest BCUT2D eigenvalue weighted by Gasteiger charge is 2.20. The molecular formula is C29H28FN3O4S. The van der Waals surface area contributed by atoms with E-state index in [1.165, 1.54) is 36.6 Å². The van der Waals surface area contributed by atoms with Crippen LogP contribution in [0.1, 0.15) is 41.6 Å². The minimum atomic E-state index is -0.330. The molecule has 5 rings (SSSR count). The van der Waals surface area contributed by atoms with Crippen molar-refractivity contribution in [2.45, 2.75) is 42.6 Å². The van der Waals surface area contributed by atoms with Crippen LogP contribution in [0.4, 0.5) is 4.39 Å². The largest absolute Gasteiger partial charge is 0.497 e. The highest BCUT2D eigenvalue weighted by molar-refractivity contribution is 7.98. The Labute approximate surface area is 224 Å². The number of amides is 1. The molecule has 1 aliphatic rings. The Hall–Kier alpha value is -3.85. The number of nitrogens with one attached hydrogen (secondary N) is 1. The van der Waals surface area contributed by atoms with Gasteiger partial charge in [0.2, 0.25) is 0 Å². The second-order valence-corrected chi connectivity index (χ2v) is 10.1. The number of hydrogen-bond donors (Lipinski definition) is 1. The number of aromatic nitrogens is 2. The molecule has 0 radical (unpaired) electrons. The lowest BCUT2D eigenvalue weighted by Crippen LogP contribution is -2.32. The maximum absolute atomic E-state index is 14.4. The number of benzene rings is 3. The summed E-state index contributed by atoms with van der Waals surface area (Å²) < 4.78 is 26.7. The zero-order chi connectivity index (χ0) is 26.6. The molecule has 1 amide bonds. The summed E-state index contributed by atoms with van der Waals surface area (Å²) in [5.41, 5.74) is 1.52. The number of halogens is 1. The summed E-state index contributed by atoms with van der Waals surface area (Å²) in [5, 5.41) is 3.80. The van der Waals surface area contributed by atoms with Crippen molar-refractivity contribution in [1.29, 1.82) is 0 Å². The third-order valence-corrected chi connectivity index (χ3v) is 7.69. The molecule has 196 valence electrons. The molecule has 1 aromatic heterocycles. The summed E-state index contributed by atoms with van der Waals surface area (Å²) in [7, 11) is 3.07. The van der Waals surface area contributed by atoms with Gasteiger partial charge in [0.15, 0.2) is 5.16 Å². The first-order chi connectivity index (χ1) is 18.5. The van der Waals surface area contributed by atoms with Crippen molar-refractivity contribution < 1.29 is 18.7 Å². The van der Waals surface area contributed by atoms with Crippen LogP contribution in [0.25, 0.3) is 16.6 Å². The van der Waals surface area contributed by atoms with Crippen LogP contribution in [0.2, 0.25) is 0 Å². The maximum Gasteiger partial charge on any atom is 0.266 e. The number of fused-ring (bicyclic) bond motifs is 1. The molecule has 4 aromatic rings. The Balaban J connectivity index is 1.61. The van der Waals surface area contributed by atoms with Crippen molar-refractivity contribution in [2.24, 2.45) is 0 Å². The molecule has 1 aliphatic carbocycles. The number of hydrogen-bond acceptors (Lipinski definition) is 6. The summed E-state index contributed by atoms with van der Waals surface area (Å²) >= 11 is 1.24. The molecule has 3 aromatic carbocycles. The van der Waals surface area contributed by atoms with E-state index in [-0.39, 0.29) is 29.1 Å². The molecule has 0 unspecified atom stereocenters. The first-order valence-electron chi connectivity index (χ1n) is 12.4. The molecule has 0 saturated heterocycles. The van der Waals surface area contributed by atoms with Gasteiger partial charge in [-0.1, -0.05) is 42.8 Å². The van der Waals surface area contributed by atoms with E-state index in [4.69, 9.17) is 14.5 Å². The molecule has 0 atom stereocenters. The Morgan fingerprint density at radius 3 is 2.45 bits per heavy atom. The van der Waals surface area contributed by atoms with Crippen molar-refractivity contribution >= 4 is 28.6 Å². The molecule has 7 nitrogen and oxygen atoms in total. The number of ether oxygens (including phenoxy) is 2. The number of methoxy groups -OCH3 is 2. The Morgan fingerprint density at radius 2 is 1.76 bits per heavy atom. The fraction of sp³-hybridized carbons (Fsp3) is 0.276. The van der Waals surface area contributed by atoms with Crippen LogP contribution in [-0.2, 0) is 5.75 Å². The molecule has 1 saturated carbocycles. The van der Waals surface area contributed by atoms with Gasteiger partial charge in [-0.3, -0.25) is 14.2 Å².